The lowest BCUT2D eigenvalue weighted by molar-refractivity contribution is -0.148. The zero-order chi connectivity index (χ0) is 19.2. The van der Waals surface area contributed by atoms with Gasteiger partial charge in [-0.3, -0.25) is 9.59 Å². The molecule has 1 amide bonds. The molecule has 0 fully saturated rings. The molecule has 6 nitrogen and oxygen atoms in total. The minimum absolute atomic E-state index is 0.0873. The average molecular weight is 387 g/mol. The van der Waals surface area contributed by atoms with Crippen LogP contribution in [0, 0.1) is 0 Å². The Kier molecular flexibility index (Phi) is 6.08. The number of esters is 1. The van der Waals surface area contributed by atoms with Gasteiger partial charge < -0.3 is 14.5 Å². The summed E-state index contributed by atoms with van der Waals surface area (Å²) >= 11 is 5.94. The summed E-state index contributed by atoms with van der Waals surface area (Å²) in [5.41, 5.74) is 2.30. The Morgan fingerprint density at radius 3 is 2.81 bits per heavy atom. The summed E-state index contributed by atoms with van der Waals surface area (Å²) in [6.07, 6.45) is 0.401. The molecule has 0 aliphatic carbocycles. The monoisotopic (exact) mass is 386 g/mol. The zero-order valence-electron chi connectivity index (χ0n) is 14.8. The van der Waals surface area contributed by atoms with E-state index in [1.165, 1.54) is 0 Å². The first-order chi connectivity index (χ1) is 13.0. The lowest BCUT2D eigenvalue weighted by atomic mass is 10.1. The van der Waals surface area contributed by atoms with Crippen molar-refractivity contribution in [3.8, 4) is 0 Å². The molecule has 1 heterocycles. The smallest absolute Gasteiger partial charge is 0.306 e. The maximum absolute atomic E-state index is 12.0. The average Bonchev–Trinajstić information content (AvgIpc) is 3.07. The number of carbonyl (C=O) groups is 2. The molecule has 0 aliphatic rings. The third-order valence-electron chi connectivity index (χ3n) is 3.97. The van der Waals surface area contributed by atoms with Gasteiger partial charge >= 0.3 is 5.97 Å². The van der Waals surface area contributed by atoms with Gasteiger partial charge in [0, 0.05) is 11.4 Å². The predicted molar refractivity (Wildman–Crippen MR) is 101 cm³/mol. The molecule has 1 atom stereocenters. The number of fused-ring (bicyclic) bond motifs is 1. The Morgan fingerprint density at radius 2 is 2.04 bits per heavy atom. The molecule has 0 saturated carbocycles. The van der Waals surface area contributed by atoms with Crippen molar-refractivity contribution in [1.82, 2.24) is 10.3 Å². The van der Waals surface area contributed by atoms with Crippen LogP contribution < -0.4 is 5.32 Å². The minimum Gasteiger partial charge on any atom is -0.456 e. The van der Waals surface area contributed by atoms with E-state index in [-0.39, 0.29) is 25.0 Å². The first kappa shape index (κ1) is 18.9. The highest BCUT2D eigenvalue weighted by atomic mass is 35.5. The summed E-state index contributed by atoms with van der Waals surface area (Å²) in [4.78, 5) is 28.1. The number of aryl methyl sites for hydroxylation is 1. The van der Waals surface area contributed by atoms with Crippen molar-refractivity contribution in [3.05, 3.63) is 65.0 Å². The standard InChI is InChI=1S/C20H19ClN2O4/c1-13(14-5-4-6-15(21)11-14)22-18(24)12-26-20(25)10-9-19-23-16-7-2-3-8-17(16)27-19/h2-8,11,13H,9-10,12H2,1H3,(H,22,24)/t13-/m0/s1. The number of carbonyl (C=O) groups excluding carboxylic acids is 2. The normalized spacial score (nSPS) is 11.9. The number of para-hydroxylation sites is 2. The number of nitrogens with zero attached hydrogens (tertiary/aromatic N) is 1. The highest BCUT2D eigenvalue weighted by Gasteiger charge is 2.13. The van der Waals surface area contributed by atoms with Crippen LogP contribution in [-0.4, -0.2) is 23.5 Å². The van der Waals surface area contributed by atoms with E-state index in [1.807, 2.05) is 43.3 Å². The molecular formula is C20H19ClN2O4. The molecule has 1 aromatic heterocycles. The van der Waals surface area contributed by atoms with Crippen LogP contribution in [-0.2, 0) is 20.7 Å². The van der Waals surface area contributed by atoms with Crippen LogP contribution in [0.2, 0.25) is 5.02 Å². The molecule has 27 heavy (non-hydrogen) atoms. The Bertz CT molecular complexity index is 921. The Balaban J connectivity index is 1.42. The largest absolute Gasteiger partial charge is 0.456 e. The molecule has 3 rings (SSSR count). The molecule has 1 N–H and O–H groups in total. The first-order valence-electron chi connectivity index (χ1n) is 8.56. The summed E-state index contributed by atoms with van der Waals surface area (Å²) in [5.74, 6) is -0.396. The summed E-state index contributed by atoms with van der Waals surface area (Å²) in [6.45, 7) is 1.50. The number of halogens is 1. The maximum Gasteiger partial charge on any atom is 0.306 e. The lowest BCUT2D eigenvalue weighted by Crippen LogP contribution is -2.31. The van der Waals surface area contributed by atoms with Crippen molar-refractivity contribution in [2.24, 2.45) is 0 Å². The van der Waals surface area contributed by atoms with Gasteiger partial charge in [0.25, 0.3) is 5.91 Å². The van der Waals surface area contributed by atoms with E-state index in [9.17, 15) is 9.59 Å². The van der Waals surface area contributed by atoms with Gasteiger partial charge in [0.15, 0.2) is 18.1 Å². The molecule has 7 heteroatoms. The number of benzene rings is 2. The fraction of sp³-hybridized carbons (Fsp3) is 0.250. The third-order valence-corrected chi connectivity index (χ3v) is 4.21. The van der Waals surface area contributed by atoms with Crippen LogP contribution >= 0.6 is 11.6 Å². The van der Waals surface area contributed by atoms with Gasteiger partial charge in [-0.25, -0.2) is 4.98 Å². The van der Waals surface area contributed by atoms with Gasteiger partial charge in [-0.05, 0) is 36.8 Å². The van der Waals surface area contributed by atoms with E-state index in [4.69, 9.17) is 20.8 Å². The molecule has 0 aliphatic heterocycles. The van der Waals surface area contributed by atoms with Crippen molar-refractivity contribution >= 4 is 34.6 Å². The van der Waals surface area contributed by atoms with Crippen LogP contribution in [0.4, 0.5) is 0 Å². The van der Waals surface area contributed by atoms with Crippen LogP contribution in [0.3, 0.4) is 0 Å². The van der Waals surface area contributed by atoms with E-state index < -0.39 is 5.97 Å². The van der Waals surface area contributed by atoms with Gasteiger partial charge in [0.2, 0.25) is 0 Å². The number of rotatable bonds is 7. The lowest BCUT2D eigenvalue weighted by Gasteiger charge is -2.14. The van der Waals surface area contributed by atoms with Crippen LogP contribution in [0.25, 0.3) is 11.1 Å². The highest BCUT2D eigenvalue weighted by molar-refractivity contribution is 6.30. The van der Waals surface area contributed by atoms with Crippen molar-refractivity contribution < 1.29 is 18.7 Å². The Morgan fingerprint density at radius 1 is 1.22 bits per heavy atom. The van der Waals surface area contributed by atoms with Crippen molar-refractivity contribution in [3.63, 3.8) is 0 Å². The van der Waals surface area contributed by atoms with Gasteiger partial charge in [-0.2, -0.15) is 0 Å². The summed E-state index contributed by atoms with van der Waals surface area (Å²) < 4.78 is 10.6. The van der Waals surface area contributed by atoms with Gasteiger partial charge in [-0.15, -0.1) is 0 Å². The first-order valence-corrected chi connectivity index (χ1v) is 8.94. The van der Waals surface area contributed by atoms with E-state index in [2.05, 4.69) is 10.3 Å². The molecule has 2 aromatic carbocycles. The van der Waals surface area contributed by atoms with E-state index >= 15 is 0 Å². The minimum atomic E-state index is -0.484. The van der Waals surface area contributed by atoms with Crippen LogP contribution in [0.15, 0.2) is 52.9 Å². The highest BCUT2D eigenvalue weighted by Crippen LogP contribution is 2.17. The number of amides is 1. The molecule has 0 unspecified atom stereocenters. The van der Waals surface area contributed by atoms with Gasteiger partial charge in [-0.1, -0.05) is 35.9 Å². The number of nitrogens with one attached hydrogen (secondary N) is 1. The van der Waals surface area contributed by atoms with Crippen molar-refractivity contribution in [2.75, 3.05) is 6.61 Å². The number of hydrogen-bond donors (Lipinski definition) is 1. The van der Waals surface area contributed by atoms with E-state index in [0.29, 0.717) is 22.9 Å². The van der Waals surface area contributed by atoms with Gasteiger partial charge in [0.05, 0.1) is 12.5 Å². The molecule has 0 bridgehead atoms. The number of oxazole rings is 1. The van der Waals surface area contributed by atoms with Crippen LogP contribution in [0.5, 0.6) is 0 Å². The number of aromatic nitrogens is 1. The van der Waals surface area contributed by atoms with Crippen molar-refractivity contribution in [1.29, 1.82) is 0 Å². The second-order valence-electron chi connectivity index (χ2n) is 6.08. The molecule has 3 aromatic rings. The number of hydrogen-bond acceptors (Lipinski definition) is 5. The zero-order valence-corrected chi connectivity index (χ0v) is 15.5. The molecule has 0 radical (unpaired) electrons. The van der Waals surface area contributed by atoms with E-state index in [0.717, 1.165) is 11.1 Å². The Hall–Kier alpha value is -2.86. The Labute approximate surface area is 161 Å². The fourth-order valence-electron chi connectivity index (χ4n) is 2.60. The number of ether oxygens (including phenoxy) is 1. The SMILES string of the molecule is C[C@H](NC(=O)COC(=O)CCc1nc2ccccc2o1)c1cccc(Cl)c1. The molecule has 140 valence electrons. The second kappa shape index (κ2) is 8.68. The molecular weight excluding hydrogens is 368 g/mol. The molecule has 0 saturated heterocycles. The van der Waals surface area contributed by atoms with Gasteiger partial charge in [0.1, 0.15) is 5.52 Å². The third kappa shape index (κ3) is 5.31. The maximum atomic E-state index is 12.0. The quantitative estimate of drug-likeness (QED) is 0.624. The summed E-state index contributed by atoms with van der Waals surface area (Å²) in [7, 11) is 0. The summed E-state index contributed by atoms with van der Waals surface area (Å²) in [6, 6.07) is 14.4. The molecule has 0 spiro atoms. The van der Waals surface area contributed by atoms with E-state index in [1.54, 1.807) is 12.1 Å². The topological polar surface area (TPSA) is 81.4 Å². The van der Waals surface area contributed by atoms with Crippen molar-refractivity contribution in [2.45, 2.75) is 25.8 Å². The fourth-order valence-corrected chi connectivity index (χ4v) is 2.80. The second-order valence-corrected chi connectivity index (χ2v) is 6.52. The predicted octanol–water partition coefficient (Wildman–Crippen LogP) is 3.83. The summed E-state index contributed by atoms with van der Waals surface area (Å²) in [5, 5.41) is 3.36. The van der Waals surface area contributed by atoms with Crippen LogP contribution in [0.1, 0.15) is 30.8 Å².